The minimum Gasteiger partial charge on any atom is -0.418 e. The molecule has 0 spiro atoms. The molecule has 2 N–H and O–H groups in total. The van der Waals surface area contributed by atoms with E-state index in [4.69, 9.17) is 10.5 Å². The molecular formula is C11H12N3O+. The van der Waals surface area contributed by atoms with Gasteiger partial charge in [-0.25, -0.2) is 4.98 Å². The van der Waals surface area contributed by atoms with E-state index in [2.05, 4.69) is 4.98 Å². The Labute approximate surface area is 88.0 Å². The zero-order valence-corrected chi connectivity index (χ0v) is 8.21. The molecule has 0 saturated carbocycles. The fraction of sp³-hybridized carbons (Fsp3) is 0.0909. The summed E-state index contributed by atoms with van der Waals surface area (Å²) in [5.74, 6) is 0.570. The average molecular weight is 202 g/mol. The van der Waals surface area contributed by atoms with Crippen molar-refractivity contribution in [1.29, 1.82) is 0 Å². The third kappa shape index (κ3) is 2.67. The third-order valence-electron chi connectivity index (χ3n) is 1.90. The summed E-state index contributed by atoms with van der Waals surface area (Å²) in [5.41, 5.74) is 6.14. The van der Waals surface area contributed by atoms with Gasteiger partial charge in [-0.3, -0.25) is 0 Å². The second-order valence-electron chi connectivity index (χ2n) is 3.09. The highest BCUT2D eigenvalue weighted by Crippen LogP contribution is 2.07. The van der Waals surface area contributed by atoms with Gasteiger partial charge in [0.1, 0.15) is 0 Å². The molecule has 4 heteroatoms. The Morgan fingerprint density at radius 1 is 1.20 bits per heavy atom. The van der Waals surface area contributed by atoms with Gasteiger partial charge in [-0.05, 0) is 6.07 Å². The maximum Gasteiger partial charge on any atom is 0.293 e. The van der Waals surface area contributed by atoms with Crippen LogP contribution in [-0.2, 0) is 6.73 Å². The normalized spacial score (nSPS) is 9.87. The maximum atomic E-state index is 5.51. The molecule has 0 aromatic carbocycles. The molecule has 0 aliphatic heterocycles. The SMILES string of the molecule is Nc1ccc(OC[n+]2ccccc2)nc1. The molecule has 0 amide bonds. The van der Waals surface area contributed by atoms with Crippen LogP contribution < -0.4 is 15.0 Å². The molecule has 2 rings (SSSR count). The van der Waals surface area contributed by atoms with Crippen LogP contribution in [0.2, 0.25) is 0 Å². The van der Waals surface area contributed by atoms with Crippen molar-refractivity contribution in [3.05, 3.63) is 48.9 Å². The Morgan fingerprint density at radius 3 is 2.67 bits per heavy atom. The quantitative estimate of drug-likeness (QED) is 0.755. The van der Waals surface area contributed by atoms with E-state index in [9.17, 15) is 0 Å². The van der Waals surface area contributed by atoms with Gasteiger partial charge in [0, 0.05) is 18.2 Å². The molecule has 0 saturated heterocycles. The number of nitrogens with two attached hydrogens (primary N) is 1. The first-order valence-corrected chi connectivity index (χ1v) is 4.63. The lowest BCUT2D eigenvalue weighted by molar-refractivity contribution is -0.724. The lowest BCUT2D eigenvalue weighted by Crippen LogP contribution is -2.35. The second-order valence-corrected chi connectivity index (χ2v) is 3.09. The highest BCUT2D eigenvalue weighted by molar-refractivity contribution is 5.35. The largest absolute Gasteiger partial charge is 0.418 e. The molecule has 0 unspecified atom stereocenters. The van der Waals surface area contributed by atoms with Crippen LogP contribution in [0, 0.1) is 0 Å². The van der Waals surface area contributed by atoms with Gasteiger partial charge in [0.25, 0.3) is 6.73 Å². The van der Waals surface area contributed by atoms with Gasteiger partial charge in [-0.15, -0.1) is 0 Å². The summed E-state index contributed by atoms with van der Waals surface area (Å²) >= 11 is 0. The summed E-state index contributed by atoms with van der Waals surface area (Å²) in [6, 6.07) is 9.36. The molecule has 2 heterocycles. The van der Waals surface area contributed by atoms with Gasteiger partial charge >= 0.3 is 0 Å². The van der Waals surface area contributed by atoms with Crippen molar-refractivity contribution in [2.75, 3.05) is 5.73 Å². The number of nitrogens with zero attached hydrogens (tertiary/aromatic N) is 2. The number of hydrogen-bond donors (Lipinski definition) is 1. The van der Waals surface area contributed by atoms with E-state index in [0.717, 1.165) is 0 Å². The second kappa shape index (κ2) is 4.41. The number of anilines is 1. The van der Waals surface area contributed by atoms with E-state index in [1.807, 2.05) is 35.2 Å². The fourth-order valence-electron chi connectivity index (χ4n) is 1.14. The summed E-state index contributed by atoms with van der Waals surface area (Å²) in [7, 11) is 0. The average Bonchev–Trinajstić information content (AvgIpc) is 2.30. The van der Waals surface area contributed by atoms with Crippen LogP contribution in [0.1, 0.15) is 0 Å². The number of rotatable bonds is 3. The zero-order chi connectivity index (χ0) is 10.5. The molecule has 2 aromatic rings. The topological polar surface area (TPSA) is 52.0 Å². The first kappa shape index (κ1) is 9.45. The van der Waals surface area contributed by atoms with Crippen molar-refractivity contribution in [3.63, 3.8) is 0 Å². The maximum absolute atomic E-state index is 5.51. The van der Waals surface area contributed by atoms with Crippen LogP contribution in [0.3, 0.4) is 0 Å². The van der Waals surface area contributed by atoms with Gasteiger partial charge in [0.2, 0.25) is 5.88 Å². The molecule has 15 heavy (non-hydrogen) atoms. The summed E-state index contributed by atoms with van der Waals surface area (Å²) < 4.78 is 7.36. The van der Waals surface area contributed by atoms with E-state index >= 15 is 0 Å². The number of hydrogen-bond acceptors (Lipinski definition) is 3. The van der Waals surface area contributed by atoms with Crippen molar-refractivity contribution in [2.24, 2.45) is 0 Å². The van der Waals surface area contributed by atoms with Crippen LogP contribution in [0.4, 0.5) is 5.69 Å². The van der Waals surface area contributed by atoms with Gasteiger partial charge in [-0.1, -0.05) is 6.07 Å². The van der Waals surface area contributed by atoms with E-state index in [-0.39, 0.29) is 0 Å². The predicted molar refractivity (Wildman–Crippen MR) is 55.9 cm³/mol. The first-order chi connectivity index (χ1) is 7.34. The van der Waals surface area contributed by atoms with E-state index in [1.165, 1.54) is 0 Å². The van der Waals surface area contributed by atoms with Crippen LogP contribution >= 0.6 is 0 Å². The molecule has 0 fully saturated rings. The summed E-state index contributed by atoms with van der Waals surface area (Å²) in [5, 5.41) is 0. The van der Waals surface area contributed by atoms with Crippen LogP contribution in [0.25, 0.3) is 0 Å². The molecule has 4 nitrogen and oxygen atoms in total. The van der Waals surface area contributed by atoms with Crippen LogP contribution in [-0.4, -0.2) is 4.98 Å². The number of ether oxygens (including phenoxy) is 1. The Bertz CT molecular complexity index is 414. The van der Waals surface area contributed by atoms with Crippen molar-refractivity contribution in [3.8, 4) is 5.88 Å². The highest BCUT2D eigenvalue weighted by Gasteiger charge is 1.99. The van der Waals surface area contributed by atoms with Crippen molar-refractivity contribution < 1.29 is 9.30 Å². The molecular weight excluding hydrogens is 190 g/mol. The van der Waals surface area contributed by atoms with Crippen molar-refractivity contribution in [2.45, 2.75) is 6.73 Å². The summed E-state index contributed by atoms with van der Waals surface area (Å²) in [6.45, 7) is 0.442. The summed E-state index contributed by atoms with van der Waals surface area (Å²) in [6.07, 6.45) is 5.43. The minimum absolute atomic E-state index is 0.442. The van der Waals surface area contributed by atoms with E-state index < -0.39 is 0 Å². The zero-order valence-electron chi connectivity index (χ0n) is 8.21. The number of pyridine rings is 2. The molecule has 2 aromatic heterocycles. The monoisotopic (exact) mass is 202 g/mol. The van der Waals surface area contributed by atoms with Crippen molar-refractivity contribution >= 4 is 5.69 Å². The van der Waals surface area contributed by atoms with Crippen LogP contribution in [0.5, 0.6) is 5.88 Å². The minimum atomic E-state index is 0.442. The van der Waals surface area contributed by atoms with Crippen molar-refractivity contribution in [1.82, 2.24) is 4.98 Å². The lowest BCUT2D eigenvalue weighted by atomic mass is 10.4. The molecule has 0 radical (unpaired) electrons. The van der Waals surface area contributed by atoms with Gasteiger partial charge in [0.15, 0.2) is 12.4 Å². The van der Waals surface area contributed by atoms with E-state index in [1.54, 1.807) is 18.3 Å². The van der Waals surface area contributed by atoms with Gasteiger partial charge in [-0.2, -0.15) is 4.57 Å². The third-order valence-corrected chi connectivity index (χ3v) is 1.90. The molecule has 0 aliphatic rings. The Hall–Kier alpha value is -2.10. The molecule has 0 bridgehead atoms. The standard InChI is InChI=1S/C11H12N3O/c12-10-4-5-11(13-8-10)15-9-14-6-2-1-3-7-14/h1-8H,9,12H2/q+1. The Balaban J connectivity index is 1.96. The molecule has 0 aliphatic carbocycles. The first-order valence-electron chi connectivity index (χ1n) is 4.63. The van der Waals surface area contributed by atoms with Crippen LogP contribution in [0.15, 0.2) is 48.9 Å². The Kier molecular flexibility index (Phi) is 2.78. The molecule has 76 valence electrons. The van der Waals surface area contributed by atoms with Gasteiger partial charge in [0.05, 0.1) is 11.9 Å². The predicted octanol–water partition coefficient (Wildman–Crippen LogP) is 0.988. The van der Waals surface area contributed by atoms with Gasteiger partial charge < -0.3 is 10.5 Å². The lowest BCUT2D eigenvalue weighted by Gasteiger charge is -2.01. The smallest absolute Gasteiger partial charge is 0.293 e. The Morgan fingerprint density at radius 2 is 2.00 bits per heavy atom. The number of aromatic nitrogens is 2. The molecule has 0 atom stereocenters. The number of nitrogen functional groups attached to an aromatic ring is 1. The summed E-state index contributed by atoms with van der Waals surface area (Å²) in [4.78, 5) is 4.03. The fourth-order valence-corrected chi connectivity index (χ4v) is 1.14. The van der Waals surface area contributed by atoms with E-state index in [0.29, 0.717) is 18.3 Å². The highest BCUT2D eigenvalue weighted by atomic mass is 16.5.